The summed E-state index contributed by atoms with van der Waals surface area (Å²) < 4.78 is 0. The summed E-state index contributed by atoms with van der Waals surface area (Å²) in [7, 11) is 0. The Bertz CT molecular complexity index is 386. The second-order valence-electron chi connectivity index (χ2n) is 4.28. The van der Waals surface area contributed by atoms with E-state index in [4.69, 9.17) is 5.73 Å². The molecule has 0 aliphatic carbocycles. The van der Waals surface area contributed by atoms with E-state index in [0.717, 1.165) is 25.9 Å². The SMILES string of the molecule is Cl.Cl.N[C@H](C(=O)N1CCCC1)[C@H](O)c1ccncc1. The topological polar surface area (TPSA) is 79.5 Å². The lowest BCUT2D eigenvalue weighted by molar-refractivity contribution is -0.134. The highest BCUT2D eigenvalue weighted by Gasteiger charge is 2.29. The lowest BCUT2D eigenvalue weighted by Crippen LogP contribution is -2.45. The molecular formula is C12H19Cl2N3O2. The van der Waals surface area contributed by atoms with Crippen molar-refractivity contribution in [3.05, 3.63) is 30.1 Å². The van der Waals surface area contributed by atoms with Crippen LogP contribution in [0.2, 0.25) is 0 Å². The maximum absolute atomic E-state index is 12.0. The van der Waals surface area contributed by atoms with Crippen LogP contribution in [0.3, 0.4) is 0 Å². The second-order valence-corrected chi connectivity index (χ2v) is 4.28. The number of halogens is 2. The zero-order valence-electron chi connectivity index (χ0n) is 10.4. The number of rotatable bonds is 3. The van der Waals surface area contributed by atoms with E-state index in [1.807, 2.05) is 0 Å². The summed E-state index contributed by atoms with van der Waals surface area (Å²) in [5.74, 6) is -0.174. The van der Waals surface area contributed by atoms with Gasteiger partial charge in [-0.2, -0.15) is 0 Å². The number of nitrogens with two attached hydrogens (primary N) is 1. The average Bonchev–Trinajstić information content (AvgIpc) is 2.91. The van der Waals surface area contributed by atoms with E-state index in [2.05, 4.69) is 4.98 Å². The minimum Gasteiger partial charge on any atom is -0.386 e. The maximum atomic E-state index is 12.0. The van der Waals surface area contributed by atoms with Crippen molar-refractivity contribution in [2.24, 2.45) is 5.73 Å². The van der Waals surface area contributed by atoms with Crippen LogP contribution in [-0.4, -0.2) is 40.0 Å². The standard InChI is InChI=1S/C12H17N3O2.2ClH/c13-10(12(17)15-7-1-2-8-15)11(16)9-3-5-14-6-4-9;;/h3-6,10-11,16H,1-2,7-8,13H2;2*1H/t10-,11+;;/m0../s1. The Labute approximate surface area is 125 Å². The quantitative estimate of drug-likeness (QED) is 0.870. The molecule has 1 aromatic heterocycles. The number of aliphatic hydroxyl groups is 1. The highest BCUT2D eigenvalue weighted by molar-refractivity contribution is 5.85. The van der Waals surface area contributed by atoms with E-state index in [-0.39, 0.29) is 30.7 Å². The van der Waals surface area contributed by atoms with E-state index < -0.39 is 12.1 Å². The summed E-state index contributed by atoms with van der Waals surface area (Å²) in [6.07, 6.45) is 4.22. The number of hydrogen-bond donors (Lipinski definition) is 2. The van der Waals surface area contributed by atoms with Gasteiger partial charge in [0.1, 0.15) is 12.1 Å². The first-order valence-electron chi connectivity index (χ1n) is 5.82. The third-order valence-corrected chi connectivity index (χ3v) is 3.09. The van der Waals surface area contributed by atoms with Crippen LogP contribution in [0.25, 0.3) is 0 Å². The molecule has 0 saturated carbocycles. The van der Waals surface area contributed by atoms with E-state index in [9.17, 15) is 9.90 Å². The van der Waals surface area contributed by atoms with Crippen molar-refractivity contribution in [1.82, 2.24) is 9.88 Å². The van der Waals surface area contributed by atoms with Crippen LogP contribution in [-0.2, 0) is 4.79 Å². The molecule has 1 fully saturated rings. The van der Waals surface area contributed by atoms with Gasteiger partial charge in [-0.15, -0.1) is 24.8 Å². The van der Waals surface area contributed by atoms with Gasteiger partial charge in [0.2, 0.25) is 5.91 Å². The number of likely N-dealkylation sites (tertiary alicyclic amines) is 1. The first-order valence-corrected chi connectivity index (χ1v) is 5.82. The molecule has 19 heavy (non-hydrogen) atoms. The molecule has 5 nitrogen and oxygen atoms in total. The van der Waals surface area contributed by atoms with Gasteiger partial charge in [0.25, 0.3) is 0 Å². The van der Waals surface area contributed by atoms with Crippen LogP contribution < -0.4 is 5.73 Å². The molecule has 0 spiro atoms. The van der Waals surface area contributed by atoms with Crippen LogP contribution in [0.15, 0.2) is 24.5 Å². The smallest absolute Gasteiger partial charge is 0.242 e. The van der Waals surface area contributed by atoms with Gasteiger partial charge in [-0.3, -0.25) is 9.78 Å². The summed E-state index contributed by atoms with van der Waals surface area (Å²) in [6.45, 7) is 1.49. The van der Waals surface area contributed by atoms with E-state index in [1.54, 1.807) is 29.4 Å². The normalized spacial score (nSPS) is 17.1. The summed E-state index contributed by atoms with van der Waals surface area (Å²) in [4.78, 5) is 17.6. The molecule has 0 radical (unpaired) electrons. The molecule has 3 N–H and O–H groups in total. The van der Waals surface area contributed by atoms with Gasteiger partial charge in [-0.1, -0.05) is 0 Å². The molecule has 2 heterocycles. The minimum absolute atomic E-state index is 0. The van der Waals surface area contributed by atoms with Crippen molar-refractivity contribution in [2.75, 3.05) is 13.1 Å². The second kappa shape index (κ2) is 8.32. The van der Waals surface area contributed by atoms with Crippen LogP contribution in [0, 0.1) is 0 Å². The Morgan fingerprint density at radius 3 is 2.32 bits per heavy atom. The molecular weight excluding hydrogens is 289 g/mol. The third kappa shape index (κ3) is 4.31. The van der Waals surface area contributed by atoms with Gasteiger partial charge in [0.05, 0.1) is 0 Å². The van der Waals surface area contributed by atoms with Crippen molar-refractivity contribution >= 4 is 30.7 Å². The van der Waals surface area contributed by atoms with Gasteiger partial charge in [-0.05, 0) is 30.5 Å². The molecule has 7 heteroatoms. The van der Waals surface area contributed by atoms with Crippen molar-refractivity contribution in [2.45, 2.75) is 25.0 Å². The van der Waals surface area contributed by atoms with Gasteiger partial charge in [0, 0.05) is 25.5 Å². The van der Waals surface area contributed by atoms with E-state index in [1.165, 1.54) is 0 Å². The minimum atomic E-state index is -0.967. The maximum Gasteiger partial charge on any atom is 0.242 e. The van der Waals surface area contributed by atoms with Crippen molar-refractivity contribution < 1.29 is 9.90 Å². The number of pyridine rings is 1. The van der Waals surface area contributed by atoms with E-state index >= 15 is 0 Å². The van der Waals surface area contributed by atoms with Gasteiger partial charge in [-0.25, -0.2) is 0 Å². The molecule has 1 aromatic rings. The number of amides is 1. The molecule has 0 unspecified atom stereocenters. The van der Waals surface area contributed by atoms with Crippen molar-refractivity contribution in [1.29, 1.82) is 0 Å². The Morgan fingerprint density at radius 1 is 1.26 bits per heavy atom. The fraction of sp³-hybridized carbons (Fsp3) is 0.500. The molecule has 2 atom stereocenters. The predicted octanol–water partition coefficient (Wildman–Crippen LogP) is 0.908. The summed E-state index contributed by atoms with van der Waals surface area (Å²) in [5.41, 5.74) is 6.44. The largest absolute Gasteiger partial charge is 0.386 e. The number of aromatic nitrogens is 1. The first kappa shape index (κ1) is 18.1. The number of carbonyl (C=O) groups is 1. The highest BCUT2D eigenvalue weighted by atomic mass is 35.5. The summed E-state index contributed by atoms with van der Waals surface area (Å²) in [5, 5.41) is 10.0. The van der Waals surface area contributed by atoms with Gasteiger partial charge < -0.3 is 15.7 Å². The number of nitrogens with zero attached hydrogens (tertiary/aromatic N) is 2. The van der Waals surface area contributed by atoms with Crippen LogP contribution in [0.1, 0.15) is 24.5 Å². The van der Waals surface area contributed by atoms with E-state index in [0.29, 0.717) is 5.56 Å². The average molecular weight is 308 g/mol. The van der Waals surface area contributed by atoms with Gasteiger partial charge in [0.15, 0.2) is 0 Å². The van der Waals surface area contributed by atoms with Crippen LogP contribution >= 0.6 is 24.8 Å². The number of aliphatic hydroxyl groups excluding tert-OH is 1. The molecule has 0 aromatic carbocycles. The third-order valence-electron chi connectivity index (χ3n) is 3.09. The Morgan fingerprint density at radius 2 is 1.79 bits per heavy atom. The molecule has 0 bridgehead atoms. The molecule has 2 rings (SSSR count). The highest BCUT2D eigenvalue weighted by Crippen LogP contribution is 2.18. The zero-order valence-corrected chi connectivity index (χ0v) is 12.1. The fourth-order valence-corrected chi connectivity index (χ4v) is 2.05. The van der Waals surface area contributed by atoms with Crippen molar-refractivity contribution in [3.63, 3.8) is 0 Å². The Hall–Kier alpha value is -0.880. The Balaban J connectivity index is 0.00000162. The zero-order chi connectivity index (χ0) is 12.3. The monoisotopic (exact) mass is 307 g/mol. The van der Waals surface area contributed by atoms with Crippen LogP contribution in [0.5, 0.6) is 0 Å². The molecule has 1 aliphatic rings. The summed E-state index contributed by atoms with van der Waals surface area (Å²) >= 11 is 0. The predicted molar refractivity (Wildman–Crippen MR) is 77.5 cm³/mol. The fourth-order valence-electron chi connectivity index (χ4n) is 2.05. The van der Waals surface area contributed by atoms with Gasteiger partial charge >= 0.3 is 0 Å². The van der Waals surface area contributed by atoms with Crippen LogP contribution in [0.4, 0.5) is 0 Å². The molecule has 1 aliphatic heterocycles. The number of carbonyl (C=O) groups excluding carboxylic acids is 1. The number of hydrogen-bond acceptors (Lipinski definition) is 4. The molecule has 108 valence electrons. The lowest BCUT2D eigenvalue weighted by atomic mass is 10.0. The molecule has 1 amide bonds. The first-order chi connectivity index (χ1) is 8.20. The Kier molecular flexibility index (Phi) is 7.94. The van der Waals surface area contributed by atoms with Crippen molar-refractivity contribution in [3.8, 4) is 0 Å². The summed E-state index contributed by atoms with van der Waals surface area (Å²) in [6, 6.07) is 2.44. The lowest BCUT2D eigenvalue weighted by Gasteiger charge is -2.23. The molecule has 1 saturated heterocycles.